The van der Waals surface area contributed by atoms with Crippen LogP contribution in [0.15, 0.2) is 22.0 Å². The standard InChI is InChI=1S/C12H17N5O4S2/c1-8(12-15-14-7-17(12)3-4-21-2)16-23(19,20)10-5-9(6-22-10)11(13)18/h5-8,16H,3-4H2,1-2H3,(H2,13,18)/t8-/m0/s1. The largest absolute Gasteiger partial charge is 0.383 e. The molecule has 2 aromatic rings. The van der Waals surface area contributed by atoms with Gasteiger partial charge in [-0.15, -0.1) is 21.5 Å². The van der Waals surface area contributed by atoms with Crippen LogP contribution in [0.25, 0.3) is 0 Å². The third kappa shape index (κ3) is 4.13. The molecule has 1 amide bonds. The Hall–Kier alpha value is -1.82. The third-order valence-electron chi connectivity index (χ3n) is 3.03. The van der Waals surface area contributed by atoms with Gasteiger partial charge in [-0.25, -0.2) is 13.1 Å². The monoisotopic (exact) mass is 359 g/mol. The van der Waals surface area contributed by atoms with Gasteiger partial charge >= 0.3 is 0 Å². The Morgan fingerprint density at radius 3 is 2.91 bits per heavy atom. The van der Waals surface area contributed by atoms with Crippen molar-refractivity contribution < 1.29 is 17.9 Å². The number of amides is 1. The molecule has 0 saturated carbocycles. The predicted molar refractivity (Wildman–Crippen MR) is 83.5 cm³/mol. The lowest BCUT2D eigenvalue weighted by Gasteiger charge is -2.14. The molecule has 11 heteroatoms. The molecule has 9 nitrogen and oxygen atoms in total. The number of hydrogen-bond donors (Lipinski definition) is 2. The van der Waals surface area contributed by atoms with Gasteiger partial charge in [-0.2, -0.15) is 0 Å². The zero-order chi connectivity index (χ0) is 17.0. The molecule has 0 aromatic carbocycles. The van der Waals surface area contributed by atoms with Gasteiger partial charge in [-0.1, -0.05) is 0 Å². The Labute approximate surface area is 137 Å². The van der Waals surface area contributed by atoms with Crippen LogP contribution in [0.5, 0.6) is 0 Å². The molecule has 0 radical (unpaired) electrons. The minimum Gasteiger partial charge on any atom is -0.383 e. The SMILES string of the molecule is COCCn1cnnc1[C@H](C)NS(=O)(=O)c1cc(C(N)=O)cs1. The van der Waals surface area contributed by atoms with E-state index in [0.29, 0.717) is 19.0 Å². The first-order valence-corrected chi connectivity index (χ1v) is 8.98. The van der Waals surface area contributed by atoms with Crippen LogP contribution in [0.1, 0.15) is 29.1 Å². The number of nitrogens with zero attached hydrogens (tertiary/aromatic N) is 3. The molecule has 0 spiro atoms. The summed E-state index contributed by atoms with van der Waals surface area (Å²) in [4.78, 5) is 11.1. The van der Waals surface area contributed by atoms with E-state index in [1.165, 1.54) is 17.8 Å². The number of sulfonamides is 1. The van der Waals surface area contributed by atoms with Crippen molar-refractivity contribution in [2.45, 2.75) is 23.7 Å². The number of primary amides is 1. The van der Waals surface area contributed by atoms with E-state index in [1.54, 1.807) is 18.6 Å². The molecule has 0 aliphatic carbocycles. The molecular weight excluding hydrogens is 342 g/mol. The number of thiophene rings is 1. The Bertz CT molecular complexity index is 783. The van der Waals surface area contributed by atoms with Gasteiger partial charge in [0.05, 0.1) is 18.2 Å². The summed E-state index contributed by atoms with van der Waals surface area (Å²) in [6.45, 7) is 2.63. The van der Waals surface area contributed by atoms with Crippen LogP contribution in [0.4, 0.5) is 0 Å². The van der Waals surface area contributed by atoms with Gasteiger partial charge in [-0.05, 0) is 13.0 Å². The fraction of sp³-hybridized carbons (Fsp3) is 0.417. The molecule has 126 valence electrons. The zero-order valence-electron chi connectivity index (χ0n) is 12.6. The summed E-state index contributed by atoms with van der Waals surface area (Å²) >= 11 is 0.928. The summed E-state index contributed by atoms with van der Waals surface area (Å²) in [6, 6.07) is 0.649. The van der Waals surface area contributed by atoms with E-state index in [0.717, 1.165) is 11.3 Å². The number of aromatic nitrogens is 3. The van der Waals surface area contributed by atoms with Crippen molar-refractivity contribution in [3.8, 4) is 0 Å². The first kappa shape index (κ1) is 17.5. The molecule has 1 atom stereocenters. The molecule has 0 aliphatic rings. The number of hydrogen-bond acceptors (Lipinski definition) is 7. The van der Waals surface area contributed by atoms with E-state index in [-0.39, 0.29) is 9.77 Å². The summed E-state index contributed by atoms with van der Waals surface area (Å²) in [6.07, 6.45) is 1.51. The molecule has 2 aromatic heterocycles. The molecule has 0 aliphatic heterocycles. The van der Waals surface area contributed by atoms with E-state index in [4.69, 9.17) is 10.5 Å². The second-order valence-electron chi connectivity index (χ2n) is 4.74. The van der Waals surface area contributed by atoms with Crippen molar-refractivity contribution in [3.63, 3.8) is 0 Å². The predicted octanol–water partition coefficient (Wildman–Crippen LogP) is 0.124. The second kappa shape index (κ2) is 7.17. The molecule has 3 N–H and O–H groups in total. The Morgan fingerprint density at radius 2 is 2.30 bits per heavy atom. The number of methoxy groups -OCH3 is 1. The van der Waals surface area contributed by atoms with Gasteiger partial charge in [0.2, 0.25) is 5.91 Å². The highest BCUT2D eigenvalue weighted by molar-refractivity contribution is 7.91. The van der Waals surface area contributed by atoms with E-state index in [1.807, 2.05) is 0 Å². The summed E-state index contributed by atoms with van der Waals surface area (Å²) in [5, 5.41) is 9.14. The Morgan fingerprint density at radius 1 is 1.57 bits per heavy atom. The van der Waals surface area contributed by atoms with E-state index >= 15 is 0 Å². The lowest BCUT2D eigenvalue weighted by Crippen LogP contribution is -2.28. The highest BCUT2D eigenvalue weighted by Gasteiger charge is 2.23. The van der Waals surface area contributed by atoms with Crippen LogP contribution in [0, 0.1) is 0 Å². The Balaban J connectivity index is 2.16. The van der Waals surface area contributed by atoms with Gasteiger partial charge in [0, 0.05) is 19.0 Å². The molecule has 0 fully saturated rings. The fourth-order valence-electron chi connectivity index (χ4n) is 1.89. The average Bonchev–Trinajstić information content (AvgIpc) is 3.13. The second-order valence-corrected chi connectivity index (χ2v) is 7.59. The lowest BCUT2D eigenvalue weighted by atomic mass is 10.3. The van der Waals surface area contributed by atoms with Crippen LogP contribution in [-0.2, 0) is 21.3 Å². The van der Waals surface area contributed by atoms with Gasteiger partial charge in [0.25, 0.3) is 10.0 Å². The van der Waals surface area contributed by atoms with Gasteiger partial charge in [0.15, 0.2) is 5.82 Å². The average molecular weight is 359 g/mol. The number of rotatable bonds is 8. The summed E-state index contributed by atoms with van der Waals surface area (Å²) in [5.41, 5.74) is 5.29. The highest BCUT2D eigenvalue weighted by atomic mass is 32.2. The lowest BCUT2D eigenvalue weighted by molar-refractivity contribution is 0.100. The van der Waals surface area contributed by atoms with Gasteiger partial charge in [0.1, 0.15) is 10.5 Å². The highest BCUT2D eigenvalue weighted by Crippen LogP contribution is 2.22. The van der Waals surface area contributed by atoms with E-state index in [9.17, 15) is 13.2 Å². The number of ether oxygens (including phenoxy) is 1. The van der Waals surface area contributed by atoms with Crippen LogP contribution in [0.2, 0.25) is 0 Å². The molecular formula is C12H17N5O4S2. The van der Waals surface area contributed by atoms with Crippen molar-refractivity contribution in [2.75, 3.05) is 13.7 Å². The summed E-state index contributed by atoms with van der Waals surface area (Å²) < 4.78 is 33.9. The molecule has 0 saturated heterocycles. The van der Waals surface area contributed by atoms with Gasteiger partial charge in [-0.3, -0.25) is 4.79 Å². The maximum atomic E-state index is 12.4. The fourth-order valence-corrected chi connectivity index (χ4v) is 4.28. The van der Waals surface area contributed by atoms with Crippen molar-refractivity contribution >= 4 is 27.3 Å². The van der Waals surface area contributed by atoms with Crippen LogP contribution in [0.3, 0.4) is 0 Å². The van der Waals surface area contributed by atoms with Crippen molar-refractivity contribution in [1.82, 2.24) is 19.5 Å². The summed E-state index contributed by atoms with van der Waals surface area (Å²) in [5.74, 6) is -0.202. The van der Waals surface area contributed by atoms with Crippen LogP contribution in [-0.4, -0.2) is 42.8 Å². The molecule has 0 bridgehead atoms. The topological polar surface area (TPSA) is 129 Å². The first-order valence-electron chi connectivity index (χ1n) is 6.62. The van der Waals surface area contributed by atoms with Gasteiger partial charge < -0.3 is 15.0 Å². The molecule has 2 rings (SSSR count). The third-order valence-corrected chi connectivity index (χ3v) is 6.01. The maximum absolute atomic E-state index is 12.4. The number of nitrogens with two attached hydrogens (primary N) is 1. The van der Waals surface area contributed by atoms with E-state index < -0.39 is 22.0 Å². The van der Waals surface area contributed by atoms with Crippen LogP contribution >= 0.6 is 11.3 Å². The first-order chi connectivity index (χ1) is 10.8. The van der Waals surface area contributed by atoms with Crippen molar-refractivity contribution in [1.29, 1.82) is 0 Å². The molecule has 23 heavy (non-hydrogen) atoms. The molecule has 0 unspecified atom stereocenters. The summed E-state index contributed by atoms with van der Waals surface area (Å²) in [7, 11) is -2.21. The number of carbonyl (C=O) groups excluding carboxylic acids is 1. The number of carbonyl (C=O) groups is 1. The minimum absolute atomic E-state index is 0.0149. The smallest absolute Gasteiger partial charge is 0.250 e. The quantitative estimate of drug-likeness (QED) is 0.689. The normalized spacial score (nSPS) is 13.1. The van der Waals surface area contributed by atoms with Crippen molar-refractivity contribution in [2.24, 2.45) is 5.73 Å². The zero-order valence-corrected chi connectivity index (χ0v) is 14.2. The molecule has 2 heterocycles. The van der Waals surface area contributed by atoms with E-state index in [2.05, 4.69) is 14.9 Å². The maximum Gasteiger partial charge on any atom is 0.250 e. The minimum atomic E-state index is -3.79. The Kier molecular flexibility index (Phi) is 5.46. The number of nitrogens with one attached hydrogen (secondary N) is 1. The van der Waals surface area contributed by atoms with Crippen molar-refractivity contribution in [3.05, 3.63) is 29.2 Å². The van der Waals surface area contributed by atoms with Crippen LogP contribution < -0.4 is 10.5 Å².